The molecule has 0 atom stereocenters. The van der Waals surface area contributed by atoms with Gasteiger partial charge in [-0.25, -0.2) is 8.78 Å². The Labute approximate surface area is 103 Å². The average molecular weight is 257 g/mol. The van der Waals surface area contributed by atoms with Gasteiger partial charge in [-0.15, -0.1) is 0 Å². The van der Waals surface area contributed by atoms with Crippen molar-refractivity contribution < 1.29 is 23.0 Å². The molecule has 4 nitrogen and oxygen atoms in total. The molecule has 0 aliphatic carbocycles. The average Bonchev–Trinajstić information content (AvgIpc) is 2.35. The summed E-state index contributed by atoms with van der Waals surface area (Å²) in [5, 5.41) is 0. The molecule has 1 aromatic carbocycles. The van der Waals surface area contributed by atoms with Crippen LogP contribution in [0.4, 0.5) is 8.78 Å². The Balaban J connectivity index is 2.58. The van der Waals surface area contributed by atoms with E-state index in [0.717, 1.165) is 13.0 Å². The van der Waals surface area contributed by atoms with Crippen molar-refractivity contribution >= 4 is 5.78 Å². The lowest BCUT2D eigenvalue weighted by Crippen LogP contribution is -2.22. The molecule has 1 aliphatic heterocycles. The predicted molar refractivity (Wildman–Crippen MR) is 60.4 cm³/mol. The van der Waals surface area contributed by atoms with Crippen LogP contribution >= 0.6 is 0 Å². The summed E-state index contributed by atoms with van der Waals surface area (Å²) in [4.78, 5) is 11.7. The highest BCUT2D eigenvalue weighted by atomic mass is 19.3. The monoisotopic (exact) mass is 257 g/mol. The lowest BCUT2D eigenvalue weighted by molar-refractivity contribution is 0.0168. The molecule has 1 aromatic rings. The number of Topliss-reactive ketones (excluding diaryl/α,β-unsaturated/α-hetero) is 1. The van der Waals surface area contributed by atoms with Crippen LogP contribution in [0, 0.1) is 0 Å². The van der Waals surface area contributed by atoms with Crippen LogP contribution in [0.25, 0.3) is 0 Å². The van der Waals surface area contributed by atoms with E-state index < -0.39 is 11.7 Å². The molecular formula is C12H13F2NO3. The van der Waals surface area contributed by atoms with Gasteiger partial charge in [-0.2, -0.15) is 0 Å². The zero-order valence-corrected chi connectivity index (χ0v) is 9.83. The minimum Gasteiger partial charge on any atom is -0.486 e. The first-order chi connectivity index (χ1) is 8.43. The smallest absolute Gasteiger partial charge is 0.270 e. The molecule has 18 heavy (non-hydrogen) atoms. The van der Waals surface area contributed by atoms with Gasteiger partial charge in [-0.1, -0.05) is 0 Å². The summed E-state index contributed by atoms with van der Waals surface area (Å²) in [6.07, 6.45) is 0. The second-order valence-electron chi connectivity index (χ2n) is 4.06. The van der Waals surface area contributed by atoms with Crippen molar-refractivity contribution in [2.45, 2.75) is 12.8 Å². The third kappa shape index (κ3) is 2.28. The number of ketones is 1. The van der Waals surface area contributed by atoms with E-state index in [1.807, 2.05) is 0 Å². The van der Waals surface area contributed by atoms with E-state index in [2.05, 4.69) is 0 Å². The zero-order valence-electron chi connectivity index (χ0n) is 9.83. The minimum atomic E-state index is -3.06. The first-order valence-corrected chi connectivity index (χ1v) is 5.48. The molecule has 0 amide bonds. The molecule has 0 spiro atoms. The van der Waals surface area contributed by atoms with Crippen LogP contribution in [-0.4, -0.2) is 25.5 Å². The first kappa shape index (κ1) is 12.8. The standard InChI is InChI=1S/C12H13F2NO3/c1-12(13,14)7-4-8(9(16)6-15)11-10(5-7)17-2-3-18-11/h4-5H,2-3,6,15H2,1H3. The molecule has 98 valence electrons. The number of halogens is 2. The Hall–Kier alpha value is -1.69. The summed E-state index contributed by atoms with van der Waals surface area (Å²) in [7, 11) is 0. The predicted octanol–water partition coefficient (Wildman–Crippen LogP) is 1.71. The van der Waals surface area contributed by atoms with Crippen molar-refractivity contribution in [3.05, 3.63) is 23.3 Å². The van der Waals surface area contributed by atoms with E-state index in [1.165, 1.54) is 6.07 Å². The Kier molecular flexibility index (Phi) is 3.21. The van der Waals surface area contributed by atoms with Crippen LogP contribution in [0.15, 0.2) is 12.1 Å². The number of fused-ring (bicyclic) bond motifs is 1. The summed E-state index contributed by atoms with van der Waals surface area (Å²) < 4.78 is 37.2. The summed E-state index contributed by atoms with van der Waals surface area (Å²) >= 11 is 0. The van der Waals surface area contributed by atoms with E-state index in [1.54, 1.807) is 0 Å². The molecule has 0 radical (unpaired) electrons. The van der Waals surface area contributed by atoms with E-state index in [0.29, 0.717) is 0 Å². The molecule has 0 unspecified atom stereocenters. The summed E-state index contributed by atoms with van der Waals surface area (Å²) in [5.74, 6) is -3.15. The van der Waals surface area contributed by atoms with Crippen LogP contribution in [0.3, 0.4) is 0 Å². The van der Waals surface area contributed by atoms with Crippen molar-refractivity contribution in [2.24, 2.45) is 5.73 Å². The van der Waals surface area contributed by atoms with Gasteiger partial charge in [0.05, 0.1) is 12.1 Å². The van der Waals surface area contributed by atoms with Gasteiger partial charge in [0.2, 0.25) is 0 Å². The summed E-state index contributed by atoms with van der Waals surface area (Å²) in [5.41, 5.74) is 5.02. The number of hydrogen-bond acceptors (Lipinski definition) is 4. The maximum absolute atomic E-state index is 13.3. The normalized spacial score (nSPS) is 14.4. The number of carbonyl (C=O) groups excluding carboxylic acids is 1. The topological polar surface area (TPSA) is 61.6 Å². The molecule has 2 N–H and O–H groups in total. The third-order valence-electron chi connectivity index (χ3n) is 2.63. The van der Waals surface area contributed by atoms with Gasteiger partial charge < -0.3 is 15.2 Å². The van der Waals surface area contributed by atoms with E-state index in [4.69, 9.17) is 15.2 Å². The lowest BCUT2D eigenvalue weighted by atomic mass is 10.0. The van der Waals surface area contributed by atoms with Crippen LogP contribution in [0.5, 0.6) is 11.5 Å². The number of carbonyl (C=O) groups is 1. The van der Waals surface area contributed by atoms with Gasteiger partial charge in [0.25, 0.3) is 5.92 Å². The highest BCUT2D eigenvalue weighted by Crippen LogP contribution is 2.39. The number of ether oxygens (including phenoxy) is 2. The number of nitrogens with two attached hydrogens (primary N) is 1. The quantitative estimate of drug-likeness (QED) is 0.837. The minimum absolute atomic E-state index is 0.0474. The molecule has 1 aliphatic rings. The van der Waals surface area contributed by atoms with Crippen molar-refractivity contribution in [1.29, 1.82) is 0 Å². The van der Waals surface area contributed by atoms with Gasteiger partial charge >= 0.3 is 0 Å². The number of benzene rings is 1. The first-order valence-electron chi connectivity index (χ1n) is 5.48. The van der Waals surface area contributed by atoms with Crippen LogP contribution in [-0.2, 0) is 5.92 Å². The molecule has 6 heteroatoms. The largest absolute Gasteiger partial charge is 0.486 e. The van der Waals surface area contributed by atoms with Gasteiger partial charge in [0.1, 0.15) is 13.2 Å². The molecule has 1 heterocycles. The van der Waals surface area contributed by atoms with Crippen molar-refractivity contribution in [3.63, 3.8) is 0 Å². The molecular weight excluding hydrogens is 244 g/mol. The van der Waals surface area contributed by atoms with Crippen LogP contribution in [0.2, 0.25) is 0 Å². The van der Waals surface area contributed by atoms with Gasteiger partial charge in [-0.05, 0) is 12.1 Å². The van der Waals surface area contributed by atoms with E-state index >= 15 is 0 Å². The fourth-order valence-corrected chi connectivity index (χ4v) is 1.72. The van der Waals surface area contributed by atoms with E-state index in [-0.39, 0.29) is 42.4 Å². The van der Waals surface area contributed by atoms with Crippen molar-refractivity contribution in [1.82, 2.24) is 0 Å². The van der Waals surface area contributed by atoms with Crippen molar-refractivity contribution in [3.8, 4) is 11.5 Å². The molecule has 0 bridgehead atoms. The van der Waals surface area contributed by atoms with Crippen molar-refractivity contribution in [2.75, 3.05) is 19.8 Å². The summed E-state index contributed by atoms with van der Waals surface area (Å²) in [6.45, 7) is 1.03. The summed E-state index contributed by atoms with van der Waals surface area (Å²) in [6, 6.07) is 2.31. The Morgan fingerprint density at radius 2 is 2.06 bits per heavy atom. The zero-order chi connectivity index (χ0) is 13.3. The van der Waals surface area contributed by atoms with Gasteiger partial charge in [-0.3, -0.25) is 4.79 Å². The fraction of sp³-hybridized carbons (Fsp3) is 0.417. The van der Waals surface area contributed by atoms with Gasteiger partial charge in [0.15, 0.2) is 17.3 Å². The molecule has 0 aromatic heterocycles. The Morgan fingerprint density at radius 3 is 2.67 bits per heavy atom. The number of rotatable bonds is 3. The van der Waals surface area contributed by atoms with Gasteiger partial charge in [0, 0.05) is 12.5 Å². The third-order valence-corrected chi connectivity index (χ3v) is 2.63. The van der Waals surface area contributed by atoms with Crippen LogP contribution < -0.4 is 15.2 Å². The lowest BCUT2D eigenvalue weighted by Gasteiger charge is -2.23. The molecule has 0 saturated carbocycles. The maximum Gasteiger partial charge on any atom is 0.270 e. The maximum atomic E-state index is 13.3. The molecule has 0 fully saturated rings. The highest BCUT2D eigenvalue weighted by molar-refractivity contribution is 6.01. The highest BCUT2D eigenvalue weighted by Gasteiger charge is 2.30. The SMILES string of the molecule is CC(F)(F)c1cc2c(c(C(=O)CN)c1)OCCO2. The Morgan fingerprint density at radius 1 is 1.39 bits per heavy atom. The Bertz CT molecular complexity index is 483. The molecule has 2 rings (SSSR count). The fourth-order valence-electron chi connectivity index (χ4n) is 1.72. The molecule has 0 saturated heterocycles. The number of hydrogen-bond donors (Lipinski definition) is 1. The second-order valence-corrected chi connectivity index (χ2v) is 4.06. The number of alkyl halides is 2. The second kappa shape index (κ2) is 4.53. The van der Waals surface area contributed by atoms with E-state index in [9.17, 15) is 13.6 Å². The van der Waals surface area contributed by atoms with Crippen LogP contribution in [0.1, 0.15) is 22.8 Å².